The summed E-state index contributed by atoms with van der Waals surface area (Å²) in [5.41, 5.74) is 4.78. The number of hydrogen-bond donors (Lipinski definition) is 4. The SMILES string of the molecule is Cc1cc(NC(=O)CCCc2ccccc2)ccc1C(=O)O.O=C(CCCc1ccccc1)Nc1ccc(C(=O)O)cc1. The number of aromatic carboxylic acids is 2. The molecule has 4 N–H and O–H groups in total. The highest BCUT2D eigenvalue weighted by Gasteiger charge is 2.09. The Labute approximate surface area is 251 Å². The molecule has 8 heteroatoms. The van der Waals surface area contributed by atoms with E-state index in [2.05, 4.69) is 10.6 Å². The van der Waals surface area contributed by atoms with Gasteiger partial charge in [0.15, 0.2) is 0 Å². The minimum Gasteiger partial charge on any atom is -0.478 e. The predicted octanol–water partition coefficient (Wildman–Crippen LogP) is 7.00. The van der Waals surface area contributed by atoms with Gasteiger partial charge < -0.3 is 20.8 Å². The van der Waals surface area contributed by atoms with E-state index >= 15 is 0 Å². The second-order valence-electron chi connectivity index (χ2n) is 9.99. The maximum absolute atomic E-state index is 11.9. The van der Waals surface area contributed by atoms with Gasteiger partial charge in [-0.15, -0.1) is 0 Å². The van der Waals surface area contributed by atoms with Crippen LogP contribution in [0.4, 0.5) is 11.4 Å². The summed E-state index contributed by atoms with van der Waals surface area (Å²) in [5, 5.41) is 23.3. The highest BCUT2D eigenvalue weighted by atomic mass is 16.4. The number of carbonyl (C=O) groups is 4. The monoisotopic (exact) mass is 580 g/mol. The van der Waals surface area contributed by atoms with E-state index in [4.69, 9.17) is 10.2 Å². The lowest BCUT2D eigenvalue weighted by Crippen LogP contribution is -2.12. The summed E-state index contributed by atoms with van der Waals surface area (Å²) >= 11 is 0. The van der Waals surface area contributed by atoms with Crippen LogP contribution in [-0.2, 0) is 22.4 Å². The highest BCUT2D eigenvalue weighted by molar-refractivity contribution is 5.94. The van der Waals surface area contributed by atoms with E-state index in [0.29, 0.717) is 29.8 Å². The summed E-state index contributed by atoms with van der Waals surface area (Å²) in [6, 6.07) is 31.0. The molecule has 0 unspecified atom stereocenters. The molecule has 0 fully saturated rings. The quantitative estimate of drug-likeness (QED) is 0.143. The number of rotatable bonds is 12. The molecular weight excluding hydrogens is 544 g/mol. The molecule has 0 aliphatic rings. The Morgan fingerprint density at radius 3 is 1.49 bits per heavy atom. The zero-order valence-electron chi connectivity index (χ0n) is 24.1. The van der Waals surface area contributed by atoms with E-state index in [1.54, 1.807) is 31.2 Å². The summed E-state index contributed by atoms with van der Waals surface area (Å²) in [6.45, 7) is 1.72. The van der Waals surface area contributed by atoms with Crippen LogP contribution in [0.15, 0.2) is 103 Å². The first-order valence-corrected chi connectivity index (χ1v) is 14.1. The molecule has 4 rings (SSSR count). The zero-order chi connectivity index (χ0) is 31.0. The maximum atomic E-state index is 11.9. The molecule has 0 aliphatic carbocycles. The fourth-order valence-electron chi connectivity index (χ4n) is 4.32. The molecule has 2 amide bonds. The van der Waals surface area contributed by atoms with Gasteiger partial charge in [0.2, 0.25) is 11.8 Å². The van der Waals surface area contributed by atoms with Crippen LogP contribution in [0.3, 0.4) is 0 Å². The summed E-state index contributed by atoms with van der Waals surface area (Å²) in [4.78, 5) is 45.4. The van der Waals surface area contributed by atoms with Crippen molar-refractivity contribution in [2.45, 2.75) is 45.4 Å². The van der Waals surface area contributed by atoms with Crippen LogP contribution in [0.25, 0.3) is 0 Å². The van der Waals surface area contributed by atoms with Gasteiger partial charge >= 0.3 is 11.9 Å². The molecule has 0 spiro atoms. The van der Waals surface area contributed by atoms with Crippen LogP contribution in [0.1, 0.15) is 63.1 Å². The van der Waals surface area contributed by atoms with Gasteiger partial charge in [-0.3, -0.25) is 9.59 Å². The number of aryl methyl sites for hydroxylation is 3. The Balaban J connectivity index is 0.000000236. The van der Waals surface area contributed by atoms with E-state index < -0.39 is 11.9 Å². The van der Waals surface area contributed by atoms with Crippen molar-refractivity contribution in [2.75, 3.05) is 10.6 Å². The molecule has 0 atom stereocenters. The van der Waals surface area contributed by atoms with Crippen molar-refractivity contribution in [2.24, 2.45) is 0 Å². The topological polar surface area (TPSA) is 133 Å². The van der Waals surface area contributed by atoms with Gasteiger partial charge in [0.1, 0.15) is 0 Å². The third-order valence-corrected chi connectivity index (χ3v) is 6.58. The van der Waals surface area contributed by atoms with Crippen molar-refractivity contribution in [1.82, 2.24) is 0 Å². The van der Waals surface area contributed by atoms with E-state index in [9.17, 15) is 19.2 Å². The van der Waals surface area contributed by atoms with Crippen molar-refractivity contribution < 1.29 is 29.4 Å². The standard InChI is InChI=1S/C18H19NO3.C17H17NO3/c1-13-12-15(10-11-16(13)18(21)22)19-17(20)9-5-8-14-6-3-2-4-7-14;19-16(8-4-7-13-5-2-1-3-6-13)18-15-11-9-14(10-12-15)17(20)21/h2-4,6-7,10-12H,5,8-9H2,1H3,(H,19,20)(H,21,22);1-3,5-6,9-12H,4,7-8H2,(H,18,19)(H,20,21). The Kier molecular flexibility index (Phi) is 12.7. The lowest BCUT2D eigenvalue weighted by molar-refractivity contribution is -0.117. The maximum Gasteiger partial charge on any atom is 0.335 e. The minimum atomic E-state index is -0.976. The van der Waals surface area contributed by atoms with Gasteiger partial charge in [0.25, 0.3) is 0 Å². The molecule has 0 bridgehead atoms. The van der Waals surface area contributed by atoms with Crippen molar-refractivity contribution in [3.05, 3.63) is 131 Å². The molecular formula is C35H36N2O6. The Bertz CT molecular complexity index is 1500. The normalized spacial score (nSPS) is 10.2. The molecule has 8 nitrogen and oxygen atoms in total. The Morgan fingerprint density at radius 2 is 1.05 bits per heavy atom. The van der Waals surface area contributed by atoms with Gasteiger partial charge in [0, 0.05) is 24.2 Å². The number of amides is 2. The first-order valence-electron chi connectivity index (χ1n) is 14.1. The van der Waals surface area contributed by atoms with E-state index in [-0.39, 0.29) is 22.9 Å². The van der Waals surface area contributed by atoms with Crippen LogP contribution in [0.2, 0.25) is 0 Å². The fourth-order valence-corrected chi connectivity index (χ4v) is 4.32. The summed E-state index contributed by atoms with van der Waals surface area (Å²) in [6.07, 6.45) is 4.17. The molecule has 0 aliphatic heterocycles. The van der Waals surface area contributed by atoms with Crippen LogP contribution < -0.4 is 10.6 Å². The molecule has 0 saturated heterocycles. The number of carboxylic acid groups (broad SMARTS) is 2. The summed E-state index contributed by atoms with van der Waals surface area (Å²) < 4.78 is 0. The number of hydrogen-bond acceptors (Lipinski definition) is 4. The van der Waals surface area contributed by atoms with Crippen LogP contribution in [-0.4, -0.2) is 34.0 Å². The smallest absolute Gasteiger partial charge is 0.335 e. The van der Waals surface area contributed by atoms with Crippen molar-refractivity contribution >= 4 is 35.1 Å². The largest absolute Gasteiger partial charge is 0.478 e. The molecule has 0 saturated carbocycles. The second-order valence-corrected chi connectivity index (χ2v) is 9.99. The lowest BCUT2D eigenvalue weighted by atomic mass is 10.1. The predicted molar refractivity (Wildman–Crippen MR) is 168 cm³/mol. The van der Waals surface area contributed by atoms with E-state index in [1.165, 1.54) is 29.3 Å². The van der Waals surface area contributed by atoms with Crippen molar-refractivity contribution in [3.63, 3.8) is 0 Å². The van der Waals surface area contributed by atoms with Crippen LogP contribution >= 0.6 is 0 Å². The molecule has 0 heterocycles. The molecule has 43 heavy (non-hydrogen) atoms. The first-order chi connectivity index (χ1) is 20.7. The fraction of sp³-hybridized carbons (Fsp3) is 0.200. The van der Waals surface area contributed by atoms with Crippen molar-refractivity contribution in [1.29, 1.82) is 0 Å². The number of anilines is 2. The van der Waals surface area contributed by atoms with E-state index in [1.807, 2.05) is 60.7 Å². The number of carbonyl (C=O) groups excluding carboxylic acids is 2. The molecule has 4 aromatic carbocycles. The average molecular weight is 581 g/mol. The Morgan fingerprint density at radius 1 is 0.581 bits per heavy atom. The third-order valence-electron chi connectivity index (χ3n) is 6.58. The van der Waals surface area contributed by atoms with Crippen LogP contribution in [0, 0.1) is 6.92 Å². The van der Waals surface area contributed by atoms with Gasteiger partial charge in [-0.2, -0.15) is 0 Å². The Hall–Kier alpha value is -5.24. The van der Waals surface area contributed by atoms with Crippen LogP contribution in [0.5, 0.6) is 0 Å². The average Bonchev–Trinajstić information content (AvgIpc) is 2.99. The van der Waals surface area contributed by atoms with Gasteiger partial charge in [-0.25, -0.2) is 9.59 Å². The molecule has 4 aromatic rings. The summed E-state index contributed by atoms with van der Waals surface area (Å²) in [5.74, 6) is -2.05. The number of nitrogens with one attached hydrogen (secondary N) is 2. The first kappa shape index (κ1) is 32.3. The lowest BCUT2D eigenvalue weighted by Gasteiger charge is -2.08. The molecule has 0 aromatic heterocycles. The second kappa shape index (κ2) is 16.9. The van der Waals surface area contributed by atoms with Gasteiger partial charge in [-0.1, -0.05) is 60.7 Å². The number of benzene rings is 4. The van der Waals surface area contributed by atoms with E-state index in [0.717, 1.165) is 25.7 Å². The van der Waals surface area contributed by atoms with Gasteiger partial charge in [0.05, 0.1) is 11.1 Å². The highest BCUT2D eigenvalue weighted by Crippen LogP contribution is 2.16. The van der Waals surface area contributed by atoms with Gasteiger partial charge in [-0.05, 0) is 91.8 Å². The minimum absolute atomic E-state index is 0.0570. The molecule has 0 radical (unpaired) electrons. The third kappa shape index (κ3) is 11.6. The van der Waals surface area contributed by atoms with Crippen molar-refractivity contribution in [3.8, 4) is 0 Å². The number of carboxylic acids is 2. The summed E-state index contributed by atoms with van der Waals surface area (Å²) in [7, 11) is 0. The molecule has 222 valence electrons. The zero-order valence-corrected chi connectivity index (χ0v) is 24.1.